The van der Waals surface area contributed by atoms with Crippen molar-refractivity contribution in [3.8, 4) is 0 Å². The molecule has 1 amide bonds. The van der Waals surface area contributed by atoms with Crippen molar-refractivity contribution in [1.82, 2.24) is 5.43 Å². The van der Waals surface area contributed by atoms with Crippen LogP contribution in [0.4, 0.5) is 5.69 Å². The second-order valence-corrected chi connectivity index (χ2v) is 7.33. The molecule has 4 nitrogen and oxygen atoms in total. The van der Waals surface area contributed by atoms with Gasteiger partial charge in [-0.05, 0) is 68.7 Å². The summed E-state index contributed by atoms with van der Waals surface area (Å²) in [6.45, 7) is 8.63. The van der Waals surface area contributed by atoms with E-state index in [0.29, 0.717) is 5.56 Å². The molecule has 1 heterocycles. The lowest BCUT2D eigenvalue weighted by Gasteiger charge is -2.41. The summed E-state index contributed by atoms with van der Waals surface area (Å²) in [5, 5.41) is 4.14. The third kappa shape index (κ3) is 3.40. The van der Waals surface area contributed by atoms with Gasteiger partial charge in [-0.3, -0.25) is 4.79 Å². The molecule has 0 saturated heterocycles. The van der Waals surface area contributed by atoms with E-state index in [-0.39, 0.29) is 11.4 Å². The van der Waals surface area contributed by atoms with Crippen molar-refractivity contribution in [1.29, 1.82) is 0 Å². The van der Waals surface area contributed by atoms with Crippen LogP contribution in [0.2, 0.25) is 0 Å². The maximum atomic E-state index is 12.1. The predicted molar refractivity (Wildman–Crippen MR) is 109 cm³/mol. The quantitative estimate of drug-likeness (QED) is 0.661. The minimum absolute atomic E-state index is 0.0111. The Labute approximate surface area is 155 Å². The SMILES string of the molecule is CC1=CC(C)(C)N(C)c2cc(C)c(/C=N/NC(=O)c3ccccc3)cc21. The average molecular weight is 347 g/mol. The van der Waals surface area contributed by atoms with Gasteiger partial charge in [0.25, 0.3) is 5.91 Å². The van der Waals surface area contributed by atoms with E-state index in [1.165, 1.54) is 16.8 Å². The Morgan fingerprint density at radius 1 is 1.15 bits per heavy atom. The average Bonchev–Trinajstić information content (AvgIpc) is 2.61. The third-order valence-corrected chi connectivity index (χ3v) is 5.01. The van der Waals surface area contributed by atoms with Gasteiger partial charge in [-0.2, -0.15) is 5.10 Å². The van der Waals surface area contributed by atoms with Gasteiger partial charge >= 0.3 is 0 Å². The van der Waals surface area contributed by atoms with Crippen LogP contribution in [-0.4, -0.2) is 24.7 Å². The largest absolute Gasteiger partial charge is 0.365 e. The summed E-state index contributed by atoms with van der Waals surface area (Å²) >= 11 is 0. The van der Waals surface area contributed by atoms with Gasteiger partial charge in [0.2, 0.25) is 0 Å². The van der Waals surface area contributed by atoms with Crippen molar-refractivity contribution in [3.05, 3.63) is 70.8 Å². The Morgan fingerprint density at radius 2 is 1.85 bits per heavy atom. The lowest BCUT2D eigenvalue weighted by molar-refractivity contribution is 0.0955. The molecule has 26 heavy (non-hydrogen) atoms. The van der Waals surface area contributed by atoms with E-state index in [9.17, 15) is 4.79 Å². The first kappa shape index (κ1) is 17.9. The number of fused-ring (bicyclic) bond motifs is 1. The van der Waals surface area contributed by atoms with Crippen LogP contribution in [0.5, 0.6) is 0 Å². The van der Waals surface area contributed by atoms with E-state index in [1.54, 1.807) is 18.3 Å². The lowest BCUT2D eigenvalue weighted by atomic mass is 9.87. The molecule has 0 unspecified atom stereocenters. The molecule has 1 aliphatic rings. The number of nitrogens with one attached hydrogen (secondary N) is 1. The van der Waals surface area contributed by atoms with Gasteiger partial charge in [0, 0.05) is 23.9 Å². The van der Waals surface area contributed by atoms with Crippen LogP contribution in [0.15, 0.2) is 53.6 Å². The number of carbonyl (C=O) groups is 1. The molecule has 0 aromatic heterocycles. The molecule has 1 aliphatic heterocycles. The highest BCUT2D eigenvalue weighted by atomic mass is 16.2. The zero-order valence-electron chi connectivity index (χ0n) is 16.0. The first-order valence-electron chi connectivity index (χ1n) is 8.76. The fraction of sp³-hybridized carbons (Fsp3) is 0.273. The van der Waals surface area contributed by atoms with E-state index in [1.807, 2.05) is 18.2 Å². The Hall–Kier alpha value is -2.88. The van der Waals surface area contributed by atoms with Crippen LogP contribution < -0.4 is 10.3 Å². The number of nitrogens with zero attached hydrogens (tertiary/aromatic N) is 2. The number of hydrogen-bond donors (Lipinski definition) is 1. The summed E-state index contributed by atoms with van der Waals surface area (Å²) < 4.78 is 0. The Morgan fingerprint density at radius 3 is 2.54 bits per heavy atom. The highest BCUT2D eigenvalue weighted by Crippen LogP contribution is 2.38. The van der Waals surface area contributed by atoms with Crippen LogP contribution in [0, 0.1) is 6.92 Å². The number of anilines is 1. The highest BCUT2D eigenvalue weighted by molar-refractivity contribution is 5.95. The molecule has 0 spiro atoms. The summed E-state index contributed by atoms with van der Waals surface area (Å²) in [5.41, 5.74) is 8.97. The molecule has 0 radical (unpaired) electrons. The van der Waals surface area contributed by atoms with Gasteiger partial charge in [-0.1, -0.05) is 24.3 Å². The Kier molecular flexibility index (Phi) is 4.68. The van der Waals surface area contributed by atoms with Gasteiger partial charge < -0.3 is 4.90 Å². The van der Waals surface area contributed by atoms with Crippen LogP contribution in [0.3, 0.4) is 0 Å². The number of hydrazone groups is 1. The minimum atomic E-state index is -0.213. The summed E-state index contributed by atoms with van der Waals surface area (Å²) in [7, 11) is 2.12. The zero-order chi connectivity index (χ0) is 18.9. The number of amides is 1. The maximum absolute atomic E-state index is 12.1. The molecule has 0 fully saturated rings. The summed E-state index contributed by atoms with van der Waals surface area (Å²) in [4.78, 5) is 14.4. The summed E-state index contributed by atoms with van der Waals surface area (Å²) in [6.07, 6.45) is 3.99. The molecule has 0 bridgehead atoms. The van der Waals surface area contributed by atoms with Crippen molar-refractivity contribution in [3.63, 3.8) is 0 Å². The monoisotopic (exact) mass is 347 g/mol. The molecule has 0 saturated carbocycles. The Bertz CT molecular complexity index is 895. The second kappa shape index (κ2) is 6.79. The smallest absolute Gasteiger partial charge is 0.271 e. The molecule has 2 aromatic rings. The van der Waals surface area contributed by atoms with Gasteiger partial charge in [0.05, 0.1) is 11.8 Å². The topological polar surface area (TPSA) is 44.7 Å². The van der Waals surface area contributed by atoms with E-state index in [0.717, 1.165) is 11.1 Å². The minimum Gasteiger partial charge on any atom is -0.365 e. The van der Waals surface area contributed by atoms with Gasteiger partial charge in [0.15, 0.2) is 0 Å². The number of likely N-dealkylation sites (N-methyl/N-ethyl adjacent to an activating group) is 1. The van der Waals surface area contributed by atoms with E-state index < -0.39 is 0 Å². The number of rotatable bonds is 3. The zero-order valence-corrected chi connectivity index (χ0v) is 16.0. The maximum Gasteiger partial charge on any atom is 0.271 e. The number of benzene rings is 2. The van der Waals surface area contributed by atoms with E-state index >= 15 is 0 Å². The van der Waals surface area contributed by atoms with Gasteiger partial charge in [0.1, 0.15) is 0 Å². The first-order chi connectivity index (χ1) is 12.3. The van der Waals surface area contributed by atoms with Crippen LogP contribution in [0.25, 0.3) is 5.57 Å². The summed E-state index contributed by atoms with van der Waals surface area (Å²) in [6, 6.07) is 13.4. The summed E-state index contributed by atoms with van der Waals surface area (Å²) in [5.74, 6) is -0.213. The van der Waals surface area contributed by atoms with Crippen molar-refractivity contribution in [2.45, 2.75) is 33.2 Å². The van der Waals surface area contributed by atoms with Crippen molar-refractivity contribution in [2.75, 3.05) is 11.9 Å². The van der Waals surface area contributed by atoms with Gasteiger partial charge in [-0.15, -0.1) is 0 Å². The molecular weight excluding hydrogens is 322 g/mol. The van der Waals surface area contributed by atoms with Crippen LogP contribution in [0.1, 0.15) is 47.8 Å². The van der Waals surface area contributed by atoms with Crippen molar-refractivity contribution < 1.29 is 4.79 Å². The second-order valence-electron chi connectivity index (χ2n) is 7.33. The number of aryl methyl sites for hydroxylation is 1. The number of allylic oxidation sites excluding steroid dienone is 1. The first-order valence-corrected chi connectivity index (χ1v) is 8.76. The van der Waals surface area contributed by atoms with Gasteiger partial charge in [-0.25, -0.2) is 5.43 Å². The molecule has 2 aromatic carbocycles. The Balaban J connectivity index is 1.84. The van der Waals surface area contributed by atoms with E-state index in [2.05, 4.69) is 68.4 Å². The third-order valence-electron chi connectivity index (χ3n) is 5.01. The molecule has 0 aliphatic carbocycles. The molecule has 3 rings (SSSR count). The molecule has 0 atom stereocenters. The lowest BCUT2D eigenvalue weighted by Crippen LogP contribution is -2.42. The van der Waals surface area contributed by atoms with Crippen LogP contribution in [-0.2, 0) is 0 Å². The standard InChI is InChI=1S/C22H25N3O/c1-15-11-20-19(16(2)13-22(3,4)25(20)5)12-18(15)14-23-24-21(26)17-9-7-6-8-10-17/h6-14H,1-5H3,(H,24,26)/b23-14+. The van der Waals surface area contributed by atoms with Crippen molar-refractivity contribution in [2.24, 2.45) is 5.10 Å². The fourth-order valence-corrected chi connectivity index (χ4v) is 3.27. The van der Waals surface area contributed by atoms with E-state index in [4.69, 9.17) is 0 Å². The number of carbonyl (C=O) groups excluding carboxylic acids is 1. The molecule has 1 N–H and O–H groups in total. The highest BCUT2D eigenvalue weighted by Gasteiger charge is 2.28. The number of hydrogen-bond acceptors (Lipinski definition) is 3. The molecule has 134 valence electrons. The molecule has 4 heteroatoms. The molecular formula is C22H25N3O. The normalized spacial score (nSPS) is 15.6. The predicted octanol–water partition coefficient (Wildman–Crippen LogP) is 4.39. The fourth-order valence-electron chi connectivity index (χ4n) is 3.27. The van der Waals surface area contributed by atoms with Crippen LogP contribution >= 0.6 is 0 Å². The van der Waals surface area contributed by atoms with Crippen molar-refractivity contribution >= 4 is 23.4 Å².